The van der Waals surface area contributed by atoms with Crippen LogP contribution in [0, 0.1) is 0 Å². The maximum atomic E-state index is 5.49. The zero-order valence-electron chi connectivity index (χ0n) is 68.0. The van der Waals surface area contributed by atoms with Crippen molar-refractivity contribution in [3.63, 3.8) is 0 Å². The summed E-state index contributed by atoms with van der Waals surface area (Å²) in [5.41, 5.74) is 18.6. The molecule has 0 aliphatic rings. The monoisotopic (exact) mass is 1600 g/mol. The molecule has 0 saturated carbocycles. The maximum Gasteiger partial charge on any atom is 0.164 e. The van der Waals surface area contributed by atoms with E-state index in [1.54, 1.807) is 0 Å². The van der Waals surface area contributed by atoms with Crippen molar-refractivity contribution in [2.45, 2.75) is 0 Å². The van der Waals surface area contributed by atoms with Crippen LogP contribution in [-0.2, 0) is 0 Å². The molecule has 0 bridgehead atoms. The van der Waals surface area contributed by atoms with Gasteiger partial charge in [-0.25, -0.2) is 29.9 Å². The topological polar surface area (TPSA) is 87.2 Å². The van der Waals surface area contributed by atoms with Crippen molar-refractivity contribution in [1.29, 1.82) is 0 Å². The minimum atomic E-state index is 0.571. The molecule has 22 aromatic carbocycles. The third-order valence-electron chi connectivity index (χ3n) is 26.1. The number of rotatable bonds is 11. The number of benzene rings is 22. The molecule has 582 valence electrons. The van der Waals surface area contributed by atoms with Crippen molar-refractivity contribution >= 4 is 151 Å². The highest BCUT2D eigenvalue weighted by Gasteiger charge is 2.27. The summed E-state index contributed by atoms with van der Waals surface area (Å²) in [6.07, 6.45) is 0. The summed E-state index contributed by atoms with van der Waals surface area (Å²) in [6.45, 7) is 0. The average molecular weight is 1600 g/mol. The summed E-state index contributed by atoms with van der Waals surface area (Å²) in [4.78, 5) is 31.7. The predicted octanol–water partition coefficient (Wildman–Crippen LogP) is 30.8. The Hall–Kier alpha value is -16.9. The summed E-state index contributed by atoms with van der Waals surface area (Å²) < 4.78 is 5.02. The van der Waals surface area contributed by atoms with Gasteiger partial charge >= 0.3 is 0 Å². The first kappa shape index (κ1) is 70.9. The van der Waals surface area contributed by atoms with Crippen LogP contribution < -0.4 is 0 Å². The fourth-order valence-corrected chi connectivity index (χ4v) is 20.3. The molecule has 8 heteroatoms. The van der Waals surface area contributed by atoms with Crippen molar-refractivity contribution in [1.82, 2.24) is 39.0 Å². The SMILES string of the molecule is c1ccc(-c2nc(-c3ccccc3)nc(-c3ccc(-n4c5ccc6ccc(-c7cccc(-c8nc(-c9ccccc9)nc(-c9ccc(-n%10c%11c(-c%12ccc%13c%14ccccc%14c%14ccccc%14c%13c%12)c%12ccccc%12cc%11c%11ccc%12ccccc%12c%11%10)cc9)n8)c7)cc6c5c5cc6ccccc6c(-c6ccc7c8ccccc8c8ccccc8c7c6)c54)cc3)n2)cc1. The fraction of sp³-hybridized carbons (Fsp3) is 0. The Morgan fingerprint density at radius 3 is 0.921 bits per heavy atom. The third-order valence-corrected chi connectivity index (χ3v) is 26.1. The fourth-order valence-electron chi connectivity index (χ4n) is 20.3. The van der Waals surface area contributed by atoms with E-state index in [0.29, 0.717) is 34.9 Å². The van der Waals surface area contributed by atoms with Crippen LogP contribution >= 0.6 is 0 Å². The van der Waals surface area contributed by atoms with Crippen molar-refractivity contribution in [2.75, 3.05) is 0 Å². The van der Waals surface area contributed by atoms with Gasteiger partial charge in [0.15, 0.2) is 34.9 Å². The van der Waals surface area contributed by atoms with E-state index in [1.807, 2.05) is 54.6 Å². The van der Waals surface area contributed by atoms with Crippen molar-refractivity contribution in [2.24, 2.45) is 0 Å². The van der Waals surface area contributed by atoms with Gasteiger partial charge in [0.25, 0.3) is 0 Å². The zero-order valence-corrected chi connectivity index (χ0v) is 68.0. The molecule has 0 saturated heterocycles. The second kappa shape index (κ2) is 28.3. The molecule has 0 unspecified atom stereocenters. The number of fused-ring (bicyclic) bond motifs is 24. The summed E-state index contributed by atoms with van der Waals surface area (Å²) in [5, 5.41) is 28.8. The minimum absolute atomic E-state index is 0.571. The van der Waals surface area contributed by atoms with E-state index in [1.165, 1.54) is 103 Å². The van der Waals surface area contributed by atoms with Crippen LogP contribution in [-0.4, -0.2) is 39.0 Å². The normalized spacial score (nSPS) is 12.0. The smallest absolute Gasteiger partial charge is 0.164 e. The van der Waals surface area contributed by atoms with Gasteiger partial charge in [-0.05, 0) is 216 Å². The molecule has 0 aliphatic heterocycles. The molecular weight excluding hydrogens is 1530 g/mol. The predicted molar refractivity (Wildman–Crippen MR) is 526 cm³/mol. The summed E-state index contributed by atoms with van der Waals surface area (Å²) in [6, 6.07) is 154. The molecule has 8 nitrogen and oxygen atoms in total. The number of hydrogen-bond acceptors (Lipinski definition) is 6. The van der Waals surface area contributed by atoms with Gasteiger partial charge < -0.3 is 9.13 Å². The average Bonchev–Trinajstić information content (AvgIpc) is 1.56. The van der Waals surface area contributed by atoms with E-state index < -0.39 is 0 Å². The zero-order chi connectivity index (χ0) is 82.6. The molecule has 0 amide bonds. The Morgan fingerprint density at radius 1 is 0.143 bits per heavy atom. The van der Waals surface area contributed by atoms with E-state index in [-0.39, 0.29) is 0 Å². The van der Waals surface area contributed by atoms with E-state index in [4.69, 9.17) is 29.9 Å². The van der Waals surface area contributed by atoms with E-state index >= 15 is 0 Å². The van der Waals surface area contributed by atoms with E-state index in [9.17, 15) is 0 Å². The number of aromatic nitrogens is 8. The molecule has 4 heterocycles. The highest BCUT2D eigenvalue weighted by Crippen LogP contribution is 2.51. The Morgan fingerprint density at radius 2 is 0.444 bits per heavy atom. The number of hydrogen-bond donors (Lipinski definition) is 0. The van der Waals surface area contributed by atoms with Gasteiger partial charge in [0.1, 0.15) is 0 Å². The van der Waals surface area contributed by atoms with Gasteiger partial charge in [-0.3, -0.25) is 0 Å². The van der Waals surface area contributed by atoms with E-state index in [0.717, 1.165) is 127 Å². The molecule has 0 spiro atoms. The summed E-state index contributed by atoms with van der Waals surface area (Å²) in [7, 11) is 0. The first-order valence-corrected chi connectivity index (χ1v) is 43.0. The molecule has 0 N–H and O–H groups in total. The lowest BCUT2D eigenvalue weighted by Crippen LogP contribution is -2.01. The van der Waals surface area contributed by atoms with Gasteiger partial charge in [0.2, 0.25) is 0 Å². The largest absolute Gasteiger partial charge is 0.309 e. The summed E-state index contributed by atoms with van der Waals surface area (Å²) >= 11 is 0. The van der Waals surface area contributed by atoms with Crippen LogP contribution in [0.3, 0.4) is 0 Å². The molecule has 0 aliphatic carbocycles. The van der Waals surface area contributed by atoms with Crippen molar-refractivity contribution < 1.29 is 0 Å². The molecule has 26 rings (SSSR count). The van der Waals surface area contributed by atoms with Gasteiger partial charge in [-0.1, -0.05) is 334 Å². The highest BCUT2D eigenvalue weighted by atomic mass is 15.1. The Labute approximate surface area is 723 Å². The van der Waals surface area contributed by atoms with E-state index in [2.05, 4.69) is 379 Å². The van der Waals surface area contributed by atoms with Crippen LogP contribution in [0.4, 0.5) is 0 Å². The van der Waals surface area contributed by atoms with Crippen molar-refractivity contribution in [3.05, 3.63) is 425 Å². The molecule has 0 radical (unpaired) electrons. The van der Waals surface area contributed by atoms with Crippen LogP contribution in [0.1, 0.15) is 0 Å². The first-order chi connectivity index (χ1) is 62.5. The maximum absolute atomic E-state index is 5.49. The van der Waals surface area contributed by atoms with Crippen LogP contribution in [0.2, 0.25) is 0 Å². The van der Waals surface area contributed by atoms with Crippen LogP contribution in [0.15, 0.2) is 425 Å². The minimum Gasteiger partial charge on any atom is -0.309 e. The summed E-state index contributed by atoms with van der Waals surface area (Å²) in [5.74, 6) is 3.55. The second-order valence-corrected chi connectivity index (χ2v) is 33.1. The second-order valence-electron chi connectivity index (χ2n) is 33.1. The first-order valence-electron chi connectivity index (χ1n) is 43.0. The lowest BCUT2D eigenvalue weighted by atomic mass is 9.89. The standard InChI is InChI=1S/C118H70N8/c1-4-26-73(27-5-1)113-119-114(74-28-6-2-7-29-74)121-116(120-113)76-49-57-85(58-50-76)125-106-64-56-72-47-48-79(66-101(72)109(106)105-68-81-33-12-14-37-88(81)108(112(105)125)83-55-62-99-95-44-19-17-40-91(95)93-42-21-23-46-97(93)103(99)70-83)78-34-24-35-84(65-78)118-123-115(75-30-8-3-9-31-75)122-117(124-118)77-51-59-86(60-52-77)126-110-89-38-15-10-25-71(89)53-63-100(110)104-67-80-32-11-13-36-87(80)107(111(104)126)82-54-61-98-94-43-18-16-39-90(94)92-41-20-22-45-96(92)102(98)69-82/h1-70H. The highest BCUT2D eigenvalue weighted by molar-refractivity contribution is 6.32. The lowest BCUT2D eigenvalue weighted by molar-refractivity contribution is 1.07. The van der Waals surface area contributed by atoms with Crippen LogP contribution in [0.5, 0.6) is 0 Å². The molecule has 0 atom stereocenters. The molecule has 26 aromatic rings. The number of nitrogens with zero attached hydrogens (tertiary/aromatic N) is 8. The van der Waals surface area contributed by atoms with Crippen LogP contribution in [0.25, 0.3) is 264 Å². The Balaban J connectivity index is 0.635. The van der Waals surface area contributed by atoms with Gasteiger partial charge in [-0.15, -0.1) is 0 Å². The Bertz CT molecular complexity index is 8940. The van der Waals surface area contributed by atoms with Gasteiger partial charge in [-0.2, -0.15) is 0 Å². The molecule has 0 fully saturated rings. The van der Waals surface area contributed by atoms with Gasteiger partial charge in [0.05, 0.1) is 22.1 Å². The van der Waals surface area contributed by atoms with Crippen molar-refractivity contribution in [3.8, 4) is 113 Å². The van der Waals surface area contributed by atoms with Gasteiger partial charge in [0, 0.05) is 82.8 Å². The molecule has 126 heavy (non-hydrogen) atoms. The molecule has 4 aromatic heterocycles. The lowest BCUT2D eigenvalue weighted by Gasteiger charge is -2.17. The third kappa shape index (κ3) is 11.3. The Kier molecular flexibility index (Phi) is 15.9. The quantitative estimate of drug-likeness (QED) is 0.120. The molecular formula is C118H70N8.